The average Bonchev–Trinajstić information content (AvgIpc) is 2.68. The van der Waals surface area contributed by atoms with Gasteiger partial charge in [0.25, 0.3) is 0 Å². The molecule has 9 heteroatoms. The summed E-state index contributed by atoms with van der Waals surface area (Å²) in [6.07, 6.45) is 0.225. The van der Waals surface area contributed by atoms with E-state index in [1.54, 1.807) is 26.0 Å². The number of nitrogens with zero attached hydrogens (tertiary/aromatic N) is 1. The maximum Gasteiger partial charge on any atom is 0.243 e. The molecule has 2 aromatic rings. The van der Waals surface area contributed by atoms with E-state index < -0.39 is 39.1 Å². The number of halogens is 3. The molecule has 1 N–H and O–H groups in total. The molecule has 0 atom stereocenters. The summed E-state index contributed by atoms with van der Waals surface area (Å²) in [6.45, 7) is 4.23. The predicted octanol–water partition coefficient (Wildman–Crippen LogP) is 3.71. The fourth-order valence-electron chi connectivity index (χ4n) is 2.63. The van der Waals surface area contributed by atoms with Crippen molar-refractivity contribution in [2.45, 2.75) is 31.6 Å². The Hall–Kier alpha value is -2.39. The van der Waals surface area contributed by atoms with E-state index in [-0.39, 0.29) is 17.7 Å². The van der Waals surface area contributed by atoms with Crippen LogP contribution in [0.4, 0.5) is 18.9 Å². The van der Waals surface area contributed by atoms with E-state index in [9.17, 15) is 26.4 Å². The normalized spacial score (nSPS) is 11.6. The Morgan fingerprint density at radius 1 is 0.964 bits per heavy atom. The maximum atomic E-state index is 13.6. The molecule has 5 nitrogen and oxygen atoms in total. The molecule has 0 saturated heterocycles. The first-order chi connectivity index (χ1) is 13.2. The zero-order chi connectivity index (χ0) is 20.9. The van der Waals surface area contributed by atoms with Crippen LogP contribution < -0.4 is 5.32 Å². The fourth-order valence-corrected chi connectivity index (χ4v) is 4.09. The number of anilines is 1. The van der Waals surface area contributed by atoms with Crippen molar-refractivity contribution in [2.75, 3.05) is 18.4 Å². The van der Waals surface area contributed by atoms with Crippen molar-refractivity contribution in [1.29, 1.82) is 0 Å². The smallest absolute Gasteiger partial charge is 0.243 e. The summed E-state index contributed by atoms with van der Waals surface area (Å²) in [6, 6.07) is 7.80. The highest BCUT2D eigenvalue weighted by Crippen LogP contribution is 2.20. The highest BCUT2D eigenvalue weighted by molar-refractivity contribution is 7.89. The van der Waals surface area contributed by atoms with Crippen molar-refractivity contribution in [3.63, 3.8) is 0 Å². The first kappa shape index (κ1) is 21.9. The van der Waals surface area contributed by atoms with Crippen LogP contribution in [-0.2, 0) is 21.2 Å². The molecule has 0 spiro atoms. The molecule has 28 heavy (non-hydrogen) atoms. The second kappa shape index (κ2) is 9.20. The van der Waals surface area contributed by atoms with Gasteiger partial charge in [-0.3, -0.25) is 4.79 Å². The van der Waals surface area contributed by atoms with Crippen molar-refractivity contribution in [3.05, 3.63) is 59.4 Å². The van der Waals surface area contributed by atoms with Gasteiger partial charge in [0.05, 0.1) is 10.6 Å². The third-order valence-corrected chi connectivity index (χ3v) is 6.28. The molecular formula is C19H21F3N2O3S. The Labute approximate surface area is 162 Å². The molecule has 2 rings (SSSR count). The number of hydrogen-bond donors (Lipinski definition) is 1. The van der Waals surface area contributed by atoms with E-state index in [0.717, 1.165) is 12.1 Å². The molecule has 2 aromatic carbocycles. The van der Waals surface area contributed by atoms with Gasteiger partial charge in [0.1, 0.15) is 0 Å². The number of nitrogens with one attached hydrogen (secondary N) is 1. The Morgan fingerprint density at radius 2 is 1.57 bits per heavy atom. The Balaban J connectivity index is 2.00. The Kier molecular flexibility index (Phi) is 7.20. The van der Waals surface area contributed by atoms with E-state index in [1.807, 2.05) is 0 Å². The minimum absolute atomic E-state index is 0.0411. The van der Waals surface area contributed by atoms with Crippen molar-refractivity contribution in [1.82, 2.24) is 4.31 Å². The summed E-state index contributed by atoms with van der Waals surface area (Å²) < 4.78 is 65.9. The molecule has 0 aliphatic rings. The first-order valence-electron chi connectivity index (χ1n) is 8.73. The highest BCUT2D eigenvalue weighted by atomic mass is 32.2. The summed E-state index contributed by atoms with van der Waals surface area (Å²) in [5.74, 6) is -5.03. The molecule has 152 valence electrons. The number of hydrogen-bond acceptors (Lipinski definition) is 3. The van der Waals surface area contributed by atoms with Crippen LogP contribution in [0.15, 0.2) is 41.3 Å². The quantitative estimate of drug-likeness (QED) is 0.670. The molecule has 0 unspecified atom stereocenters. The zero-order valence-electron chi connectivity index (χ0n) is 15.5. The lowest BCUT2D eigenvalue weighted by atomic mass is 10.1. The molecule has 0 bridgehead atoms. The van der Waals surface area contributed by atoms with Crippen LogP contribution in [0.3, 0.4) is 0 Å². The third kappa shape index (κ3) is 4.90. The van der Waals surface area contributed by atoms with Gasteiger partial charge >= 0.3 is 0 Å². The number of carbonyl (C=O) groups excluding carboxylic acids is 1. The van der Waals surface area contributed by atoms with Crippen LogP contribution in [0, 0.1) is 17.5 Å². The Morgan fingerprint density at radius 3 is 2.14 bits per heavy atom. The minimum Gasteiger partial charge on any atom is -0.323 e. The SMILES string of the molecule is CCN(CC)S(=O)(=O)c1ccc(CCC(=O)Nc2ccc(F)c(F)c2F)cc1. The van der Waals surface area contributed by atoms with Gasteiger partial charge in [-0.2, -0.15) is 4.31 Å². The first-order valence-corrected chi connectivity index (χ1v) is 10.2. The molecule has 0 heterocycles. The summed E-state index contributed by atoms with van der Waals surface area (Å²) in [7, 11) is -3.56. The van der Waals surface area contributed by atoms with Crippen molar-refractivity contribution in [3.8, 4) is 0 Å². The number of benzene rings is 2. The molecule has 0 saturated carbocycles. The van der Waals surface area contributed by atoms with Crippen LogP contribution in [-0.4, -0.2) is 31.7 Å². The van der Waals surface area contributed by atoms with Crippen LogP contribution in [0.5, 0.6) is 0 Å². The monoisotopic (exact) mass is 414 g/mol. The standard InChI is InChI=1S/C19H21F3N2O3S/c1-3-24(4-2)28(26,27)14-8-5-13(6-9-14)7-12-17(25)23-16-11-10-15(20)18(21)19(16)22/h5-6,8-11H,3-4,7,12H2,1-2H3,(H,23,25). The van der Waals surface area contributed by atoms with Crippen molar-refractivity contribution >= 4 is 21.6 Å². The van der Waals surface area contributed by atoms with Gasteiger partial charge in [-0.1, -0.05) is 26.0 Å². The number of rotatable bonds is 8. The van der Waals surface area contributed by atoms with Gasteiger partial charge in [0.15, 0.2) is 17.5 Å². The largest absolute Gasteiger partial charge is 0.323 e. The predicted molar refractivity (Wildman–Crippen MR) is 99.8 cm³/mol. The summed E-state index contributed by atoms with van der Waals surface area (Å²) in [5, 5.41) is 2.19. The summed E-state index contributed by atoms with van der Waals surface area (Å²) in [5.41, 5.74) is 0.268. The van der Waals surface area contributed by atoms with Gasteiger partial charge in [-0.25, -0.2) is 21.6 Å². The van der Waals surface area contributed by atoms with E-state index in [2.05, 4.69) is 5.32 Å². The molecule has 0 fully saturated rings. The lowest BCUT2D eigenvalue weighted by molar-refractivity contribution is -0.116. The highest BCUT2D eigenvalue weighted by Gasteiger charge is 2.21. The Bertz CT molecular complexity index is 944. The van der Waals surface area contributed by atoms with Crippen LogP contribution >= 0.6 is 0 Å². The maximum absolute atomic E-state index is 13.6. The van der Waals surface area contributed by atoms with E-state index in [1.165, 1.54) is 16.4 Å². The molecular weight excluding hydrogens is 393 g/mol. The molecule has 0 aliphatic carbocycles. The fraction of sp³-hybridized carbons (Fsp3) is 0.316. The van der Waals surface area contributed by atoms with E-state index in [4.69, 9.17) is 0 Å². The molecule has 0 aliphatic heterocycles. The molecule has 1 amide bonds. The molecule has 0 aromatic heterocycles. The van der Waals surface area contributed by atoms with Crippen LogP contribution in [0.1, 0.15) is 25.8 Å². The molecule has 0 radical (unpaired) electrons. The van der Waals surface area contributed by atoms with Crippen LogP contribution in [0.2, 0.25) is 0 Å². The van der Waals surface area contributed by atoms with Gasteiger partial charge in [0.2, 0.25) is 15.9 Å². The lowest BCUT2D eigenvalue weighted by Gasteiger charge is -2.18. The van der Waals surface area contributed by atoms with Crippen molar-refractivity contribution in [2.24, 2.45) is 0 Å². The van der Waals surface area contributed by atoms with Gasteiger partial charge in [-0.15, -0.1) is 0 Å². The average molecular weight is 414 g/mol. The van der Waals surface area contributed by atoms with E-state index in [0.29, 0.717) is 18.7 Å². The second-order valence-electron chi connectivity index (χ2n) is 6.00. The number of aryl methyl sites for hydroxylation is 1. The number of sulfonamides is 1. The second-order valence-corrected chi connectivity index (χ2v) is 7.94. The number of carbonyl (C=O) groups is 1. The zero-order valence-corrected chi connectivity index (χ0v) is 16.3. The van der Waals surface area contributed by atoms with Gasteiger partial charge in [0, 0.05) is 19.5 Å². The van der Waals surface area contributed by atoms with Gasteiger partial charge in [-0.05, 0) is 36.2 Å². The lowest BCUT2D eigenvalue weighted by Crippen LogP contribution is -2.30. The topological polar surface area (TPSA) is 66.5 Å². The third-order valence-electron chi connectivity index (χ3n) is 4.22. The van der Waals surface area contributed by atoms with E-state index >= 15 is 0 Å². The van der Waals surface area contributed by atoms with Crippen LogP contribution in [0.25, 0.3) is 0 Å². The minimum atomic E-state index is -3.56. The summed E-state index contributed by atoms with van der Waals surface area (Å²) in [4.78, 5) is 12.1. The number of amides is 1. The summed E-state index contributed by atoms with van der Waals surface area (Å²) >= 11 is 0. The van der Waals surface area contributed by atoms with Gasteiger partial charge < -0.3 is 5.32 Å². The van der Waals surface area contributed by atoms with Crippen molar-refractivity contribution < 1.29 is 26.4 Å².